The van der Waals surface area contributed by atoms with Gasteiger partial charge >= 0.3 is 0 Å². The summed E-state index contributed by atoms with van der Waals surface area (Å²) in [5.41, 5.74) is 5.87. The van der Waals surface area contributed by atoms with Crippen LogP contribution < -0.4 is 5.73 Å². The number of halogens is 1. The Kier molecular flexibility index (Phi) is 3.81. The highest BCUT2D eigenvalue weighted by molar-refractivity contribution is 5.76. The Balaban J connectivity index is 2.94. The van der Waals surface area contributed by atoms with Crippen LogP contribution in [0.4, 0.5) is 4.39 Å². The molecule has 1 rings (SSSR count). The smallest absolute Gasteiger partial charge is 0.131 e. The van der Waals surface area contributed by atoms with Crippen LogP contribution in [-0.2, 0) is 10.5 Å². The van der Waals surface area contributed by atoms with Crippen molar-refractivity contribution in [2.45, 2.75) is 38.9 Å². The highest BCUT2D eigenvalue weighted by Gasteiger charge is 2.19. The van der Waals surface area contributed by atoms with Gasteiger partial charge in [-0.1, -0.05) is 24.3 Å². The number of hydrogen-bond acceptors (Lipinski definition) is 2. The molecule has 0 aliphatic rings. The lowest BCUT2D eigenvalue weighted by Gasteiger charge is -2.17. The molecule has 0 aliphatic carbocycles. The molecule has 0 spiro atoms. The molecule has 0 aliphatic heterocycles. The minimum absolute atomic E-state index is 0.0393. The van der Waals surface area contributed by atoms with Crippen molar-refractivity contribution in [1.29, 1.82) is 0 Å². The zero-order valence-electron chi connectivity index (χ0n) is 9.96. The number of Topliss-reactive ketones (excluding diaryl/α,β-unsaturated/α-hetero) is 1. The first kappa shape index (κ1) is 12.8. The summed E-state index contributed by atoms with van der Waals surface area (Å²) in [5, 5.41) is 0. The molecule has 0 bridgehead atoms. The van der Waals surface area contributed by atoms with Crippen LogP contribution >= 0.6 is 0 Å². The normalized spacial score (nSPS) is 13.6. The average Bonchev–Trinajstić information content (AvgIpc) is 2.15. The summed E-state index contributed by atoms with van der Waals surface area (Å²) in [6.07, 6.45) is 0.288. The van der Waals surface area contributed by atoms with E-state index in [2.05, 4.69) is 0 Å². The molecule has 2 N–H and O–H groups in total. The van der Waals surface area contributed by atoms with E-state index in [4.69, 9.17) is 5.73 Å². The van der Waals surface area contributed by atoms with Gasteiger partial charge in [0.05, 0.1) is 0 Å². The molecule has 1 unspecified atom stereocenters. The lowest BCUT2D eigenvalue weighted by Crippen LogP contribution is -2.16. The first-order valence-electron chi connectivity index (χ1n) is 5.35. The maximum atomic E-state index is 13.7. The van der Waals surface area contributed by atoms with Crippen molar-refractivity contribution in [2.75, 3.05) is 0 Å². The monoisotopic (exact) mass is 223 g/mol. The van der Waals surface area contributed by atoms with Gasteiger partial charge in [-0.2, -0.15) is 0 Å². The van der Waals surface area contributed by atoms with E-state index in [-0.39, 0.29) is 18.2 Å². The van der Waals surface area contributed by atoms with Crippen LogP contribution in [0.25, 0.3) is 0 Å². The van der Waals surface area contributed by atoms with E-state index in [0.29, 0.717) is 5.56 Å². The van der Waals surface area contributed by atoms with Crippen molar-refractivity contribution in [1.82, 2.24) is 0 Å². The number of nitrogens with two attached hydrogens (primary N) is 1. The summed E-state index contributed by atoms with van der Waals surface area (Å²) in [4.78, 5) is 11.0. The second-order valence-electron chi connectivity index (χ2n) is 4.61. The Hall–Kier alpha value is -1.22. The molecule has 1 atom stereocenters. The van der Waals surface area contributed by atoms with Gasteiger partial charge in [-0.25, -0.2) is 4.39 Å². The van der Waals surface area contributed by atoms with Gasteiger partial charge in [0.15, 0.2) is 0 Å². The fourth-order valence-electron chi connectivity index (χ4n) is 1.57. The van der Waals surface area contributed by atoms with Gasteiger partial charge in [-0.15, -0.1) is 0 Å². The highest BCUT2D eigenvalue weighted by Crippen LogP contribution is 2.27. The van der Waals surface area contributed by atoms with Crippen LogP contribution in [0, 0.1) is 0 Å². The molecule has 0 heterocycles. The Morgan fingerprint density at radius 3 is 2.62 bits per heavy atom. The van der Waals surface area contributed by atoms with Crippen molar-refractivity contribution in [3.05, 3.63) is 35.4 Å². The Morgan fingerprint density at radius 2 is 2.12 bits per heavy atom. The molecule has 0 aromatic heterocycles. The van der Waals surface area contributed by atoms with E-state index in [1.807, 2.05) is 6.07 Å². The molecule has 3 heteroatoms. The summed E-state index contributed by atoms with van der Waals surface area (Å²) in [6.45, 7) is 4.51. The second-order valence-corrected chi connectivity index (χ2v) is 4.61. The molecule has 88 valence electrons. The van der Waals surface area contributed by atoms with Gasteiger partial charge in [0, 0.05) is 12.5 Å². The molecular weight excluding hydrogens is 205 g/mol. The van der Waals surface area contributed by atoms with Crippen molar-refractivity contribution in [3.63, 3.8) is 0 Å². The summed E-state index contributed by atoms with van der Waals surface area (Å²) >= 11 is 0. The van der Waals surface area contributed by atoms with E-state index in [1.165, 1.54) is 20.8 Å². The van der Waals surface area contributed by atoms with Gasteiger partial charge in [0.1, 0.15) is 11.5 Å². The van der Waals surface area contributed by atoms with E-state index < -0.39 is 5.67 Å². The van der Waals surface area contributed by atoms with Crippen LogP contribution in [-0.4, -0.2) is 5.78 Å². The number of carbonyl (C=O) groups is 1. The highest BCUT2D eigenvalue weighted by atomic mass is 19.1. The number of carbonyl (C=O) groups excluding carboxylic acids is 1. The van der Waals surface area contributed by atoms with Gasteiger partial charge in [-0.05, 0) is 31.9 Å². The van der Waals surface area contributed by atoms with Gasteiger partial charge in [-0.3, -0.25) is 4.79 Å². The minimum atomic E-state index is -1.38. The molecule has 0 amide bonds. The maximum Gasteiger partial charge on any atom is 0.131 e. The van der Waals surface area contributed by atoms with Crippen LogP contribution in [0.5, 0.6) is 0 Å². The summed E-state index contributed by atoms with van der Waals surface area (Å²) in [5.74, 6) is 0.0393. The maximum absolute atomic E-state index is 13.7. The number of hydrogen-bond donors (Lipinski definition) is 1. The van der Waals surface area contributed by atoms with Crippen LogP contribution in [0.15, 0.2) is 24.3 Å². The third kappa shape index (κ3) is 3.42. The fourth-order valence-corrected chi connectivity index (χ4v) is 1.57. The topological polar surface area (TPSA) is 43.1 Å². The Bertz CT molecular complexity index is 382. The lowest BCUT2D eigenvalue weighted by molar-refractivity contribution is -0.117. The molecule has 1 aromatic rings. The summed E-state index contributed by atoms with van der Waals surface area (Å²) in [6, 6.07) is 6.70. The SMILES string of the molecule is CC(=O)CC(N)c1cccc(C(C)(C)F)c1. The lowest BCUT2D eigenvalue weighted by atomic mass is 9.94. The number of benzene rings is 1. The molecule has 1 aromatic carbocycles. The standard InChI is InChI=1S/C13H18FNO/c1-9(16)7-12(15)10-5-4-6-11(8-10)13(2,3)14/h4-6,8,12H,7,15H2,1-3H3. The molecule has 0 fully saturated rings. The third-order valence-corrected chi connectivity index (χ3v) is 2.51. The first-order chi connectivity index (χ1) is 7.30. The molecule has 0 saturated heterocycles. The van der Waals surface area contributed by atoms with Crippen LogP contribution in [0.1, 0.15) is 44.4 Å². The molecular formula is C13H18FNO. The van der Waals surface area contributed by atoms with Gasteiger partial charge < -0.3 is 5.73 Å². The van der Waals surface area contributed by atoms with Crippen molar-refractivity contribution in [3.8, 4) is 0 Å². The first-order valence-corrected chi connectivity index (χ1v) is 5.35. The average molecular weight is 223 g/mol. The second kappa shape index (κ2) is 4.74. The number of ketones is 1. The van der Waals surface area contributed by atoms with Crippen molar-refractivity contribution >= 4 is 5.78 Å². The molecule has 0 radical (unpaired) electrons. The molecule has 2 nitrogen and oxygen atoms in total. The van der Waals surface area contributed by atoms with E-state index in [9.17, 15) is 9.18 Å². The van der Waals surface area contributed by atoms with E-state index in [0.717, 1.165) is 5.56 Å². The zero-order chi connectivity index (χ0) is 12.3. The quantitative estimate of drug-likeness (QED) is 0.852. The van der Waals surface area contributed by atoms with E-state index >= 15 is 0 Å². The molecule has 16 heavy (non-hydrogen) atoms. The zero-order valence-corrected chi connectivity index (χ0v) is 9.96. The minimum Gasteiger partial charge on any atom is -0.324 e. The van der Waals surface area contributed by atoms with Crippen LogP contribution in [0.2, 0.25) is 0 Å². The van der Waals surface area contributed by atoms with Gasteiger partial charge in [0.2, 0.25) is 0 Å². The number of alkyl halides is 1. The fraction of sp³-hybridized carbons (Fsp3) is 0.462. The van der Waals surface area contributed by atoms with Crippen LogP contribution in [0.3, 0.4) is 0 Å². The third-order valence-electron chi connectivity index (χ3n) is 2.51. The van der Waals surface area contributed by atoms with Gasteiger partial charge in [0.25, 0.3) is 0 Å². The molecule has 0 saturated carbocycles. The van der Waals surface area contributed by atoms with Crippen molar-refractivity contribution in [2.24, 2.45) is 5.73 Å². The largest absolute Gasteiger partial charge is 0.324 e. The predicted molar refractivity (Wildman–Crippen MR) is 62.8 cm³/mol. The Labute approximate surface area is 95.7 Å². The Morgan fingerprint density at radius 1 is 1.50 bits per heavy atom. The van der Waals surface area contributed by atoms with Crippen molar-refractivity contribution < 1.29 is 9.18 Å². The predicted octanol–water partition coefficient (Wildman–Crippen LogP) is 2.87. The number of rotatable bonds is 4. The van der Waals surface area contributed by atoms with E-state index in [1.54, 1.807) is 18.2 Å². The summed E-state index contributed by atoms with van der Waals surface area (Å²) in [7, 11) is 0. The summed E-state index contributed by atoms with van der Waals surface area (Å²) < 4.78 is 13.7.